The Morgan fingerprint density at radius 3 is 1.41 bits per heavy atom. The average Bonchev–Trinajstić information content (AvgIpc) is 2.93. The van der Waals surface area contributed by atoms with Crippen molar-refractivity contribution in [2.75, 3.05) is 0 Å². The van der Waals surface area contributed by atoms with Crippen molar-refractivity contribution >= 4 is 5.91 Å². The van der Waals surface area contributed by atoms with Gasteiger partial charge in [0.25, 0.3) is 0 Å². The fourth-order valence-corrected chi connectivity index (χ4v) is 4.63. The maximum Gasteiger partial charge on any atom is 0.221 e. The Labute approximate surface area is 243 Å². The van der Waals surface area contributed by atoms with E-state index in [0.29, 0.717) is 12.8 Å². The van der Waals surface area contributed by atoms with Crippen molar-refractivity contribution in [2.45, 2.75) is 174 Å². The van der Waals surface area contributed by atoms with Gasteiger partial charge in [0.1, 0.15) is 6.23 Å². The molecule has 0 aliphatic heterocycles. The summed E-state index contributed by atoms with van der Waals surface area (Å²) >= 11 is 0. The van der Waals surface area contributed by atoms with Gasteiger partial charge in [-0.2, -0.15) is 0 Å². The van der Waals surface area contributed by atoms with Gasteiger partial charge in [0.05, 0.1) is 0 Å². The van der Waals surface area contributed by atoms with Crippen LogP contribution >= 0.6 is 0 Å². The van der Waals surface area contributed by atoms with Gasteiger partial charge in [-0.1, -0.05) is 152 Å². The number of rotatable bonds is 29. The van der Waals surface area contributed by atoms with Gasteiger partial charge in [0.15, 0.2) is 0 Å². The number of amides is 1. The van der Waals surface area contributed by atoms with E-state index in [1.165, 1.54) is 96.3 Å². The SMILES string of the molecule is CCCCC/C=C\C/C=C\C/C=C\C/C=C\CCCC(=O)NC(O)CCCCCCCCCCCCCCC. The largest absolute Gasteiger partial charge is 0.374 e. The predicted octanol–water partition coefficient (Wildman–Crippen LogP) is 11.0. The number of hydrogen-bond acceptors (Lipinski definition) is 2. The molecule has 3 nitrogen and oxygen atoms in total. The highest BCUT2D eigenvalue weighted by Crippen LogP contribution is 2.13. The molecule has 0 rings (SSSR count). The molecule has 226 valence electrons. The molecule has 0 spiro atoms. The van der Waals surface area contributed by atoms with Gasteiger partial charge >= 0.3 is 0 Å². The standard InChI is InChI=1S/C36H65NO2/c1-3-5-7-9-11-13-15-17-18-19-20-22-24-26-28-30-32-34-36(39)37-35(38)33-31-29-27-25-23-21-16-14-12-10-8-6-4-2/h11,13,17-18,20,22,26,28,35,38H,3-10,12,14-16,19,21,23-25,27,29-34H2,1-2H3,(H,37,39)/b13-11-,18-17-,22-20-,28-26-. The van der Waals surface area contributed by atoms with Crippen LogP contribution in [0.25, 0.3) is 0 Å². The van der Waals surface area contributed by atoms with Gasteiger partial charge in [0, 0.05) is 6.42 Å². The molecule has 0 radical (unpaired) electrons. The molecular formula is C36H65NO2. The topological polar surface area (TPSA) is 49.3 Å². The van der Waals surface area contributed by atoms with Crippen molar-refractivity contribution in [3.8, 4) is 0 Å². The number of carbonyl (C=O) groups is 1. The molecule has 0 heterocycles. The third kappa shape index (κ3) is 32.5. The summed E-state index contributed by atoms with van der Waals surface area (Å²) in [6, 6.07) is 0. The van der Waals surface area contributed by atoms with E-state index in [1.54, 1.807) is 0 Å². The van der Waals surface area contributed by atoms with Crippen LogP contribution in [0.5, 0.6) is 0 Å². The molecule has 0 saturated heterocycles. The summed E-state index contributed by atoms with van der Waals surface area (Å²) in [6.45, 7) is 4.51. The minimum atomic E-state index is -0.693. The summed E-state index contributed by atoms with van der Waals surface area (Å²) in [5.41, 5.74) is 0. The second-order valence-electron chi connectivity index (χ2n) is 11.1. The van der Waals surface area contributed by atoms with E-state index < -0.39 is 6.23 Å². The van der Waals surface area contributed by atoms with Crippen LogP contribution in [-0.4, -0.2) is 17.2 Å². The third-order valence-corrected chi connectivity index (χ3v) is 7.14. The number of allylic oxidation sites excluding steroid dienone is 8. The lowest BCUT2D eigenvalue weighted by atomic mass is 10.0. The molecule has 3 heteroatoms. The Morgan fingerprint density at radius 2 is 0.923 bits per heavy atom. The number of aliphatic hydroxyl groups excluding tert-OH is 1. The number of carbonyl (C=O) groups excluding carboxylic acids is 1. The van der Waals surface area contributed by atoms with Crippen molar-refractivity contribution in [2.24, 2.45) is 0 Å². The molecule has 0 fully saturated rings. The molecule has 0 aliphatic rings. The Kier molecular flexibility index (Phi) is 31.3. The van der Waals surface area contributed by atoms with Crippen molar-refractivity contribution in [1.82, 2.24) is 5.32 Å². The van der Waals surface area contributed by atoms with E-state index in [9.17, 15) is 9.90 Å². The fraction of sp³-hybridized carbons (Fsp3) is 0.750. The zero-order valence-electron chi connectivity index (χ0n) is 26.0. The van der Waals surface area contributed by atoms with E-state index in [2.05, 4.69) is 67.8 Å². The summed E-state index contributed by atoms with van der Waals surface area (Å²) in [5.74, 6) is -0.0342. The van der Waals surface area contributed by atoms with E-state index in [-0.39, 0.29) is 5.91 Å². The van der Waals surface area contributed by atoms with E-state index in [0.717, 1.165) is 44.9 Å². The molecule has 1 unspecified atom stereocenters. The van der Waals surface area contributed by atoms with Crippen LogP contribution in [0.3, 0.4) is 0 Å². The van der Waals surface area contributed by atoms with E-state index >= 15 is 0 Å². The van der Waals surface area contributed by atoms with Gasteiger partial charge in [-0.05, 0) is 57.8 Å². The van der Waals surface area contributed by atoms with Gasteiger partial charge in [-0.15, -0.1) is 0 Å². The molecule has 2 N–H and O–H groups in total. The smallest absolute Gasteiger partial charge is 0.221 e. The predicted molar refractivity (Wildman–Crippen MR) is 173 cm³/mol. The van der Waals surface area contributed by atoms with E-state index in [1.807, 2.05) is 0 Å². The highest BCUT2D eigenvalue weighted by atomic mass is 16.3. The summed E-state index contributed by atoms with van der Waals surface area (Å²) in [5, 5.41) is 12.8. The van der Waals surface area contributed by atoms with Gasteiger partial charge in [0.2, 0.25) is 5.91 Å². The van der Waals surface area contributed by atoms with Crippen LogP contribution in [0.4, 0.5) is 0 Å². The lowest BCUT2D eigenvalue weighted by molar-refractivity contribution is -0.124. The van der Waals surface area contributed by atoms with Crippen molar-refractivity contribution in [3.05, 3.63) is 48.6 Å². The van der Waals surface area contributed by atoms with Gasteiger partial charge in [-0.3, -0.25) is 4.79 Å². The summed E-state index contributed by atoms with van der Waals surface area (Å²) in [7, 11) is 0. The van der Waals surface area contributed by atoms with Crippen LogP contribution in [0.2, 0.25) is 0 Å². The molecule has 0 aromatic heterocycles. The second kappa shape index (κ2) is 32.6. The fourth-order valence-electron chi connectivity index (χ4n) is 4.63. The van der Waals surface area contributed by atoms with E-state index in [4.69, 9.17) is 0 Å². The summed E-state index contributed by atoms with van der Waals surface area (Å²) in [4.78, 5) is 12.0. The minimum Gasteiger partial charge on any atom is -0.374 e. The molecule has 0 aromatic rings. The average molecular weight is 544 g/mol. The zero-order chi connectivity index (χ0) is 28.5. The number of hydrogen-bond donors (Lipinski definition) is 2. The second-order valence-corrected chi connectivity index (χ2v) is 11.1. The molecule has 1 amide bonds. The molecule has 1 atom stereocenters. The van der Waals surface area contributed by atoms with Crippen LogP contribution in [0, 0.1) is 0 Å². The van der Waals surface area contributed by atoms with Crippen molar-refractivity contribution < 1.29 is 9.90 Å². The van der Waals surface area contributed by atoms with Crippen LogP contribution < -0.4 is 5.32 Å². The van der Waals surface area contributed by atoms with Crippen LogP contribution in [0.1, 0.15) is 168 Å². The quantitative estimate of drug-likeness (QED) is 0.0560. The highest BCUT2D eigenvalue weighted by Gasteiger charge is 2.07. The molecule has 0 bridgehead atoms. The first kappa shape index (κ1) is 37.4. The Balaban J connectivity index is 3.48. The maximum absolute atomic E-state index is 12.0. The van der Waals surface area contributed by atoms with Gasteiger partial charge < -0.3 is 10.4 Å². The number of unbranched alkanes of at least 4 members (excludes halogenated alkanes) is 16. The first-order valence-corrected chi connectivity index (χ1v) is 16.8. The Bertz CT molecular complexity index is 620. The summed E-state index contributed by atoms with van der Waals surface area (Å²) in [6.07, 6.45) is 45.2. The van der Waals surface area contributed by atoms with Crippen molar-refractivity contribution in [1.29, 1.82) is 0 Å². The lowest BCUT2D eigenvalue weighted by Gasteiger charge is -2.12. The monoisotopic (exact) mass is 544 g/mol. The van der Waals surface area contributed by atoms with Gasteiger partial charge in [-0.25, -0.2) is 0 Å². The first-order chi connectivity index (χ1) is 19.2. The highest BCUT2D eigenvalue weighted by molar-refractivity contribution is 5.75. The zero-order valence-corrected chi connectivity index (χ0v) is 26.0. The normalized spacial score (nSPS) is 13.0. The van der Waals surface area contributed by atoms with Crippen LogP contribution in [0.15, 0.2) is 48.6 Å². The molecule has 39 heavy (non-hydrogen) atoms. The maximum atomic E-state index is 12.0. The molecular weight excluding hydrogens is 478 g/mol. The lowest BCUT2D eigenvalue weighted by Crippen LogP contribution is -2.34. The van der Waals surface area contributed by atoms with Crippen LogP contribution in [-0.2, 0) is 4.79 Å². The Morgan fingerprint density at radius 1 is 0.538 bits per heavy atom. The molecule has 0 aliphatic carbocycles. The molecule has 0 aromatic carbocycles. The Hall–Kier alpha value is -1.61. The number of nitrogens with one attached hydrogen (secondary N) is 1. The molecule has 0 saturated carbocycles. The first-order valence-electron chi connectivity index (χ1n) is 16.8. The summed E-state index contributed by atoms with van der Waals surface area (Å²) < 4.78 is 0. The third-order valence-electron chi connectivity index (χ3n) is 7.14. The number of aliphatic hydroxyl groups is 1. The minimum absolute atomic E-state index is 0.0342. The van der Waals surface area contributed by atoms with Crippen molar-refractivity contribution in [3.63, 3.8) is 0 Å².